The van der Waals surface area contributed by atoms with Crippen LogP contribution in [-0.2, 0) is 17.8 Å². The number of nitrogens with one attached hydrogen (secondary N) is 1. The fraction of sp³-hybridized carbons (Fsp3) is 0.250. The molecule has 0 aliphatic heterocycles. The first-order valence-electron chi connectivity index (χ1n) is 6.63. The number of aryl methyl sites for hydroxylation is 2. The second-order valence-corrected chi connectivity index (χ2v) is 5.54. The van der Waals surface area contributed by atoms with Crippen LogP contribution in [0.3, 0.4) is 0 Å². The zero-order chi connectivity index (χ0) is 14.5. The van der Waals surface area contributed by atoms with E-state index in [1.165, 1.54) is 5.56 Å². The Morgan fingerprint density at radius 3 is 2.70 bits per heavy atom. The van der Waals surface area contributed by atoms with Gasteiger partial charge in [-0.2, -0.15) is 4.57 Å². The molecule has 1 N–H and O–H groups in total. The number of halogens is 1. The number of hydrogen-bond acceptors (Lipinski definition) is 1. The SMILES string of the molecule is CCc1ccc(C)[n+](CC(=O)Nc2ccccc2Br)c1. The first-order valence-corrected chi connectivity index (χ1v) is 7.43. The molecule has 0 unspecified atom stereocenters. The molecule has 0 saturated carbocycles. The van der Waals surface area contributed by atoms with Crippen LogP contribution in [0.1, 0.15) is 18.2 Å². The molecule has 0 aliphatic rings. The van der Waals surface area contributed by atoms with Crippen molar-refractivity contribution in [3.8, 4) is 0 Å². The van der Waals surface area contributed by atoms with Gasteiger partial charge in [0.05, 0.1) is 5.69 Å². The highest BCUT2D eigenvalue weighted by Gasteiger charge is 2.14. The summed E-state index contributed by atoms with van der Waals surface area (Å²) in [5.74, 6) is -0.0294. The van der Waals surface area contributed by atoms with E-state index >= 15 is 0 Å². The lowest BCUT2D eigenvalue weighted by molar-refractivity contribution is -0.690. The van der Waals surface area contributed by atoms with Gasteiger partial charge in [-0.1, -0.05) is 19.1 Å². The molecule has 4 heteroatoms. The van der Waals surface area contributed by atoms with Crippen LogP contribution < -0.4 is 9.88 Å². The number of nitrogens with zero attached hydrogens (tertiary/aromatic N) is 1. The van der Waals surface area contributed by atoms with Crippen LogP contribution in [-0.4, -0.2) is 5.91 Å². The van der Waals surface area contributed by atoms with Crippen LogP contribution in [0, 0.1) is 6.92 Å². The van der Waals surface area contributed by atoms with E-state index < -0.39 is 0 Å². The van der Waals surface area contributed by atoms with Crippen molar-refractivity contribution in [2.75, 3.05) is 5.32 Å². The first-order chi connectivity index (χ1) is 9.60. The predicted molar refractivity (Wildman–Crippen MR) is 83.5 cm³/mol. The van der Waals surface area contributed by atoms with Gasteiger partial charge in [-0.25, -0.2) is 0 Å². The number of rotatable bonds is 4. The van der Waals surface area contributed by atoms with Gasteiger partial charge in [0.25, 0.3) is 5.91 Å². The van der Waals surface area contributed by atoms with Crippen molar-refractivity contribution in [2.24, 2.45) is 0 Å². The van der Waals surface area contributed by atoms with Gasteiger partial charge >= 0.3 is 0 Å². The minimum absolute atomic E-state index is 0.0294. The zero-order valence-corrected chi connectivity index (χ0v) is 13.3. The molecule has 0 atom stereocenters. The van der Waals surface area contributed by atoms with E-state index in [1.54, 1.807) is 0 Å². The molecule has 0 radical (unpaired) electrons. The number of benzene rings is 1. The maximum atomic E-state index is 12.1. The van der Waals surface area contributed by atoms with Crippen molar-refractivity contribution >= 4 is 27.5 Å². The minimum Gasteiger partial charge on any atom is -0.320 e. The third kappa shape index (κ3) is 3.67. The molecular weight excluding hydrogens is 316 g/mol. The van der Waals surface area contributed by atoms with E-state index in [4.69, 9.17) is 0 Å². The van der Waals surface area contributed by atoms with Crippen molar-refractivity contribution in [3.05, 3.63) is 58.3 Å². The van der Waals surface area contributed by atoms with Gasteiger partial charge in [-0.3, -0.25) is 4.79 Å². The standard InChI is InChI=1S/C16H17BrN2O/c1-3-13-9-8-12(2)19(10-13)11-16(20)18-15-7-5-4-6-14(15)17/h4-10H,3,11H2,1-2H3/p+1. The van der Waals surface area contributed by atoms with Crippen LogP contribution >= 0.6 is 15.9 Å². The van der Waals surface area contributed by atoms with E-state index in [2.05, 4.69) is 34.2 Å². The molecule has 0 spiro atoms. The van der Waals surface area contributed by atoms with Crippen molar-refractivity contribution in [1.82, 2.24) is 0 Å². The maximum Gasteiger partial charge on any atom is 0.290 e. The smallest absolute Gasteiger partial charge is 0.290 e. The summed E-state index contributed by atoms with van der Waals surface area (Å²) >= 11 is 3.43. The number of aromatic nitrogens is 1. The Labute approximate surface area is 127 Å². The molecule has 2 rings (SSSR count). The van der Waals surface area contributed by atoms with Gasteiger partial charge in [0.2, 0.25) is 6.54 Å². The second kappa shape index (κ2) is 6.66. The van der Waals surface area contributed by atoms with Gasteiger partial charge < -0.3 is 5.32 Å². The number of amides is 1. The van der Waals surface area contributed by atoms with E-state index in [1.807, 2.05) is 48.0 Å². The molecule has 0 bridgehead atoms. The van der Waals surface area contributed by atoms with Crippen LogP contribution in [0.2, 0.25) is 0 Å². The molecule has 104 valence electrons. The zero-order valence-electron chi connectivity index (χ0n) is 11.7. The molecule has 0 aliphatic carbocycles. The lowest BCUT2D eigenvalue weighted by Gasteiger charge is -2.06. The third-order valence-electron chi connectivity index (χ3n) is 3.18. The summed E-state index contributed by atoms with van der Waals surface area (Å²) in [6, 6.07) is 11.7. The summed E-state index contributed by atoms with van der Waals surface area (Å²) in [4.78, 5) is 12.1. The van der Waals surface area contributed by atoms with Gasteiger partial charge in [-0.05, 0) is 40.5 Å². The highest BCUT2D eigenvalue weighted by atomic mass is 79.9. The Hall–Kier alpha value is -1.68. The van der Waals surface area contributed by atoms with Gasteiger partial charge in [0.15, 0.2) is 11.9 Å². The second-order valence-electron chi connectivity index (χ2n) is 4.69. The van der Waals surface area contributed by atoms with E-state index in [0.717, 1.165) is 22.3 Å². The van der Waals surface area contributed by atoms with E-state index in [-0.39, 0.29) is 5.91 Å². The number of hydrogen-bond donors (Lipinski definition) is 1. The summed E-state index contributed by atoms with van der Waals surface area (Å²) in [6.07, 6.45) is 3.00. The van der Waals surface area contributed by atoms with Crippen LogP contribution in [0.25, 0.3) is 0 Å². The highest BCUT2D eigenvalue weighted by molar-refractivity contribution is 9.10. The van der Waals surface area contributed by atoms with Crippen molar-refractivity contribution in [2.45, 2.75) is 26.8 Å². The molecule has 3 nitrogen and oxygen atoms in total. The van der Waals surface area contributed by atoms with Gasteiger partial charge in [0, 0.05) is 23.0 Å². The molecule has 0 saturated heterocycles. The Morgan fingerprint density at radius 1 is 1.25 bits per heavy atom. The monoisotopic (exact) mass is 333 g/mol. The van der Waals surface area contributed by atoms with Crippen molar-refractivity contribution in [1.29, 1.82) is 0 Å². The molecule has 1 heterocycles. The summed E-state index contributed by atoms with van der Waals surface area (Å²) in [6.45, 7) is 4.43. The average Bonchev–Trinajstić information content (AvgIpc) is 2.44. The highest BCUT2D eigenvalue weighted by Crippen LogP contribution is 2.20. The van der Waals surface area contributed by atoms with Crippen LogP contribution in [0.15, 0.2) is 47.1 Å². The molecular formula is C16H18BrN2O+. The van der Waals surface area contributed by atoms with Gasteiger partial charge in [-0.15, -0.1) is 0 Å². The fourth-order valence-electron chi connectivity index (χ4n) is 1.95. The van der Waals surface area contributed by atoms with Crippen molar-refractivity contribution in [3.63, 3.8) is 0 Å². The lowest BCUT2D eigenvalue weighted by Crippen LogP contribution is -2.43. The first kappa shape index (κ1) is 14.7. The number of carbonyl (C=O) groups excluding carboxylic acids is 1. The molecule has 2 aromatic rings. The summed E-state index contributed by atoms with van der Waals surface area (Å²) in [5.41, 5.74) is 3.09. The summed E-state index contributed by atoms with van der Waals surface area (Å²) in [7, 11) is 0. The largest absolute Gasteiger partial charge is 0.320 e. The summed E-state index contributed by atoms with van der Waals surface area (Å²) < 4.78 is 2.86. The maximum absolute atomic E-state index is 12.1. The minimum atomic E-state index is -0.0294. The molecule has 1 aromatic heterocycles. The Morgan fingerprint density at radius 2 is 2.00 bits per heavy atom. The molecule has 0 fully saturated rings. The van der Waals surface area contributed by atoms with Crippen LogP contribution in [0.5, 0.6) is 0 Å². The summed E-state index contributed by atoms with van der Waals surface area (Å²) in [5, 5.41) is 2.92. The quantitative estimate of drug-likeness (QED) is 0.856. The number of carbonyl (C=O) groups is 1. The Balaban J connectivity index is 2.10. The molecule has 20 heavy (non-hydrogen) atoms. The Kier molecular flexibility index (Phi) is 4.90. The topological polar surface area (TPSA) is 33.0 Å². The van der Waals surface area contributed by atoms with E-state index in [0.29, 0.717) is 6.54 Å². The number of para-hydroxylation sites is 1. The molecule has 1 amide bonds. The van der Waals surface area contributed by atoms with Gasteiger partial charge in [0.1, 0.15) is 0 Å². The van der Waals surface area contributed by atoms with Crippen molar-refractivity contribution < 1.29 is 9.36 Å². The third-order valence-corrected chi connectivity index (χ3v) is 3.87. The normalized spacial score (nSPS) is 10.3. The van der Waals surface area contributed by atoms with E-state index in [9.17, 15) is 4.79 Å². The fourth-order valence-corrected chi connectivity index (χ4v) is 2.34. The lowest BCUT2D eigenvalue weighted by atomic mass is 10.2. The number of anilines is 1. The Bertz CT molecular complexity index is 626. The molecule has 1 aromatic carbocycles. The number of pyridine rings is 1. The predicted octanol–water partition coefficient (Wildman–Crippen LogP) is 3.25. The average molecular weight is 334 g/mol. The van der Waals surface area contributed by atoms with Crippen LogP contribution in [0.4, 0.5) is 5.69 Å².